The molecule has 1 aliphatic rings. The summed E-state index contributed by atoms with van der Waals surface area (Å²) < 4.78 is 0. The smallest absolute Gasteiger partial charge is 0.0859 e. The van der Waals surface area contributed by atoms with Crippen molar-refractivity contribution in [1.82, 2.24) is 15.4 Å². The summed E-state index contributed by atoms with van der Waals surface area (Å²) in [5, 5.41) is 10.9. The molecule has 1 atom stereocenters. The van der Waals surface area contributed by atoms with Gasteiger partial charge in [0.15, 0.2) is 0 Å². The van der Waals surface area contributed by atoms with Gasteiger partial charge in [-0.1, -0.05) is 26.0 Å². The molecular formula is C10H17N3. The van der Waals surface area contributed by atoms with E-state index in [2.05, 4.69) is 36.2 Å². The maximum Gasteiger partial charge on any atom is 0.0859 e. The Bertz CT molecular complexity index is 295. The first-order valence-corrected chi connectivity index (χ1v) is 4.96. The maximum absolute atomic E-state index is 4.11. The Balaban J connectivity index is 2.18. The molecule has 3 nitrogen and oxygen atoms in total. The molecule has 0 bridgehead atoms. The first kappa shape index (κ1) is 8.73. The molecule has 0 aliphatic heterocycles. The van der Waals surface area contributed by atoms with Crippen molar-refractivity contribution in [3.63, 3.8) is 0 Å². The molecule has 1 heterocycles. The van der Waals surface area contributed by atoms with Gasteiger partial charge in [0.25, 0.3) is 0 Å². The molecule has 1 N–H and O–H groups in total. The minimum atomic E-state index is 0.399. The molecule has 0 fully saturated rings. The van der Waals surface area contributed by atoms with E-state index in [1.54, 1.807) is 0 Å². The van der Waals surface area contributed by atoms with Crippen molar-refractivity contribution < 1.29 is 0 Å². The van der Waals surface area contributed by atoms with Crippen molar-refractivity contribution in [2.24, 2.45) is 11.3 Å². The zero-order valence-electron chi connectivity index (χ0n) is 8.59. The highest BCUT2D eigenvalue weighted by Gasteiger charge is 2.30. The van der Waals surface area contributed by atoms with Gasteiger partial charge in [0, 0.05) is 0 Å². The molecule has 0 aromatic carbocycles. The highest BCUT2D eigenvalue weighted by atomic mass is 15.3. The number of fused-ring (bicyclic) bond motifs is 1. The summed E-state index contributed by atoms with van der Waals surface area (Å²) in [6, 6.07) is 0. The lowest BCUT2D eigenvalue weighted by Gasteiger charge is -2.32. The third-order valence-corrected chi connectivity index (χ3v) is 3.11. The van der Waals surface area contributed by atoms with Gasteiger partial charge in [-0.2, -0.15) is 0 Å². The largest absolute Gasteiger partial charge is 0.262 e. The van der Waals surface area contributed by atoms with E-state index in [0.717, 1.165) is 18.8 Å². The zero-order valence-corrected chi connectivity index (χ0v) is 8.59. The van der Waals surface area contributed by atoms with Crippen LogP contribution in [0.2, 0.25) is 0 Å². The van der Waals surface area contributed by atoms with E-state index < -0.39 is 0 Å². The molecule has 0 radical (unpaired) electrons. The van der Waals surface area contributed by atoms with Gasteiger partial charge < -0.3 is 0 Å². The van der Waals surface area contributed by atoms with Crippen molar-refractivity contribution in [3.8, 4) is 0 Å². The molecule has 0 saturated heterocycles. The fourth-order valence-corrected chi connectivity index (χ4v) is 2.03. The monoisotopic (exact) mass is 179 g/mol. The average molecular weight is 179 g/mol. The number of aryl methyl sites for hydroxylation is 1. The minimum absolute atomic E-state index is 0.399. The van der Waals surface area contributed by atoms with E-state index >= 15 is 0 Å². The van der Waals surface area contributed by atoms with E-state index in [9.17, 15) is 0 Å². The first-order valence-electron chi connectivity index (χ1n) is 4.96. The topological polar surface area (TPSA) is 41.6 Å². The first-order chi connectivity index (χ1) is 6.07. The van der Waals surface area contributed by atoms with Gasteiger partial charge in [-0.25, -0.2) is 0 Å². The van der Waals surface area contributed by atoms with Gasteiger partial charge in [-0.15, -0.1) is 5.10 Å². The Morgan fingerprint density at radius 1 is 1.38 bits per heavy atom. The Hall–Kier alpha value is -0.860. The van der Waals surface area contributed by atoms with E-state index in [-0.39, 0.29) is 0 Å². The summed E-state index contributed by atoms with van der Waals surface area (Å²) in [7, 11) is 0. The van der Waals surface area contributed by atoms with Crippen LogP contribution >= 0.6 is 0 Å². The molecule has 0 amide bonds. The summed E-state index contributed by atoms with van der Waals surface area (Å²) in [4.78, 5) is 0. The van der Waals surface area contributed by atoms with Crippen LogP contribution in [0.15, 0.2) is 0 Å². The number of nitrogens with one attached hydrogen (secondary N) is 1. The molecule has 1 aromatic heterocycles. The molecule has 72 valence electrons. The Kier molecular flexibility index (Phi) is 1.90. The van der Waals surface area contributed by atoms with E-state index in [0.29, 0.717) is 5.41 Å². The third-order valence-electron chi connectivity index (χ3n) is 3.11. The van der Waals surface area contributed by atoms with Crippen LogP contribution in [0.5, 0.6) is 0 Å². The second-order valence-corrected chi connectivity index (χ2v) is 5.04. The number of hydrogen-bond acceptors (Lipinski definition) is 2. The summed E-state index contributed by atoms with van der Waals surface area (Å²) >= 11 is 0. The second kappa shape index (κ2) is 2.82. The van der Waals surface area contributed by atoms with Crippen molar-refractivity contribution in [1.29, 1.82) is 0 Å². The van der Waals surface area contributed by atoms with Crippen LogP contribution in [0.4, 0.5) is 0 Å². The number of rotatable bonds is 0. The number of aromatic nitrogens is 3. The van der Waals surface area contributed by atoms with Crippen molar-refractivity contribution in [3.05, 3.63) is 11.4 Å². The molecule has 13 heavy (non-hydrogen) atoms. The normalized spacial score (nSPS) is 22.8. The number of hydrogen-bond donors (Lipinski definition) is 1. The SMILES string of the molecule is CC(C)(C)C1CCc2[nH]nnc2C1. The molecular weight excluding hydrogens is 162 g/mol. The number of H-pyrrole nitrogens is 1. The van der Waals surface area contributed by atoms with E-state index in [1.807, 2.05) is 0 Å². The second-order valence-electron chi connectivity index (χ2n) is 5.04. The third kappa shape index (κ3) is 1.60. The minimum Gasteiger partial charge on any atom is -0.262 e. The van der Waals surface area contributed by atoms with E-state index in [1.165, 1.54) is 17.8 Å². The fourth-order valence-electron chi connectivity index (χ4n) is 2.03. The molecule has 1 aromatic rings. The molecule has 1 unspecified atom stereocenters. The lowest BCUT2D eigenvalue weighted by atomic mass is 9.73. The standard InChI is InChI=1S/C10H17N3/c1-10(2,3)7-4-5-8-9(6-7)12-13-11-8/h7H,4-6H2,1-3H3,(H,11,12,13). The Morgan fingerprint density at radius 2 is 2.15 bits per heavy atom. The number of nitrogens with zero attached hydrogens (tertiary/aromatic N) is 2. The fraction of sp³-hybridized carbons (Fsp3) is 0.800. The lowest BCUT2D eigenvalue weighted by molar-refractivity contribution is 0.214. The van der Waals surface area contributed by atoms with Crippen LogP contribution in [-0.4, -0.2) is 15.4 Å². The van der Waals surface area contributed by atoms with Crippen LogP contribution < -0.4 is 0 Å². The van der Waals surface area contributed by atoms with Gasteiger partial charge in [0.2, 0.25) is 0 Å². The van der Waals surface area contributed by atoms with Gasteiger partial charge in [0.05, 0.1) is 11.4 Å². The van der Waals surface area contributed by atoms with Gasteiger partial charge in [0.1, 0.15) is 0 Å². The zero-order chi connectivity index (χ0) is 9.47. The number of aromatic amines is 1. The van der Waals surface area contributed by atoms with E-state index in [4.69, 9.17) is 0 Å². The Morgan fingerprint density at radius 3 is 2.85 bits per heavy atom. The lowest BCUT2D eigenvalue weighted by Crippen LogP contribution is -2.26. The Labute approximate surface area is 78.9 Å². The molecule has 0 spiro atoms. The van der Waals surface area contributed by atoms with Gasteiger partial charge >= 0.3 is 0 Å². The average Bonchev–Trinajstić information content (AvgIpc) is 2.47. The van der Waals surface area contributed by atoms with Crippen molar-refractivity contribution >= 4 is 0 Å². The predicted octanol–water partition coefficient (Wildman–Crippen LogP) is 1.96. The molecule has 0 saturated carbocycles. The van der Waals surface area contributed by atoms with Gasteiger partial charge in [-0.3, -0.25) is 5.10 Å². The molecule has 1 aliphatic carbocycles. The highest BCUT2D eigenvalue weighted by molar-refractivity contribution is 5.13. The van der Waals surface area contributed by atoms with Crippen LogP contribution in [0.25, 0.3) is 0 Å². The summed E-state index contributed by atoms with van der Waals surface area (Å²) in [5.41, 5.74) is 2.84. The maximum atomic E-state index is 4.11. The molecule has 2 rings (SSSR count). The quantitative estimate of drug-likeness (QED) is 0.661. The van der Waals surface area contributed by atoms with Crippen LogP contribution in [0, 0.1) is 11.3 Å². The van der Waals surface area contributed by atoms with Crippen LogP contribution in [0.1, 0.15) is 38.6 Å². The van der Waals surface area contributed by atoms with Gasteiger partial charge in [-0.05, 0) is 30.6 Å². The van der Waals surface area contributed by atoms with Crippen molar-refractivity contribution in [2.75, 3.05) is 0 Å². The molecule has 3 heteroatoms. The predicted molar refractivity (Wildman–Crippen MR) is 51.4 cm³/mol. The summed E-state index contributed by atoms with van der Waals surface area (Å²) in [5.74, 6) is 0.755. The highest BCUT2D eigenvalue weighted by Crippen LogP contribution is 2.35. The summed E-state index contributed by atoms with van der Waals surface area (Å²) in [6.07, 6.45) is 3.47. The van der Waals surface area contributed by atoms with Crippen LogP contribution in [0.3, 0.4) is 0 Å². The van der Waals surface area contributed by atoms with Crippen LogP contribution in [-0.2, 0) is 12.8 Å². The van der Waals surface area contributed by atoms with Crippen molar-refractivity contribution in [2.45, 2.75) is 40.0 Å². The summed E-state index contributed by atoms with van der Waals surface area (Å²) in [6.45, 7) is 6.92.